The van der Waals surface area contributed by atoms with Gasteiger partial charge in [0.25, 0.3) is 0 Å². The van der Waals surface area contributed by atoms with E-state index in [9.17, 15) is 4.79 Å². The molecule has 1 amide bonds. The zero-order valence-electron chi connectivity index (χ0n) is 13.9. The molecule has 0 bridgehead atoms. The highest BCUT2D eigenvalue weighted by Gasteiger charge is 2.11. The molecule has 26 heavy (non-hydrogen) atoms. The molecule has 0 spiro atoms. The molecule has 0 aliphatic carbocycles. The zero-order chi connectivity index (χ0) is 17.9. The lowest BCUT2D eigenvalue weighted by Gasteiger charge is -2.09. The van der Waals surface area contributed by atoms with E-state index in [1.165, 1.54) is 0 Å². The van der Waals surface area contributed by atoms with Crippen LogP contribution in [0.25, 0.3) is 16.9 Å². The van der Waals surface area contributed by atoms with Gasteiger partial charge in [-0.05, 0) is 35.9 Å². The molecular weight excluding hydrogens is 390 g/mol. The first-order chi connectivity index (χ1) is 12.7. The Balaban J connectivity index is 1.59. The Morgan fingerprint density at radius 1 is 1.00 bits per heavy atom. The van der Waals surface area contributed by atoms with Crippen molar-refractivity contribution in [2.45, 2.75) is 6.42 Å². The first kappa shape index (κ1) is 16.5. The van der Waals surface area contributed by atoms with Crippen LogP contribution < -0.4 is 5.32 Å². The number of pyridine rings is 1. The van der Waals surface area contributed by atoms with Crippen molar-refractivity contribution in [2.24, 2.45) is 0 Å². The molecule has 0 aliphatic heterocycles. The van der Waals surface area contributed by atoms with Crippen molar-refractivity contribution in [3.63, 3.8) is 0 Å². The third kappa shape index (κ3) is 3.53. The highest BCUT2D eigenvalue weighted by atomic mass is 79.9. The van der Waals surface area contributed by atoms with Crippen LogP contribution in [0.4, 0.5) is 5.69 Å². The highest BCUT2D eigenvalue weighted by molar-refractivity contribution is 9.10. The van der Waals surface area contributed by atoms with Crippen molar-refractivity contribution in [2.75, 3.05) is 5.32 Å². The van der Waals surface area contributed by atoms with Gasteiger partial charge in [-0.3, -0.25) is 4.79 Å². The van der Waals surface area contributed by atoms with E-state index in [4.69, 9.17) is 0 Å². The molecule has 5 heteroatoms. The molecule has 0 radical (unpaired) electrons. The summed E-state index contributed by atoms with van der Waals surface area (Å²) in [7, 11) is 0. The van der Waals surface area contributed by atoms with E-state index in [0.29, 0.717) is 6.42 Å². The zero-order valence-corrected chi connectivity index (χ0v) is 15.5. The Bertz CT molecular complexity index is 1040. The molecule has 1 N–H and O–H groups in total. The molecular formula is C21H16BrN3O. The largest absolute Gasteiger partial charge is 0.325 e. The number of para-hydroxylation sites is 1. The predicted molar refractivity (Wildman–Crippen MR) is 107 cm³/mol. The number of anilines is 1. The Labute approximate surface area is 159 Å². The number of fused-ring (bicyclic) bond motifs is 1. The number of amides is 1. The van der Waals surface area contributed by atoms with Gasteiger partial charge in [-0.15, -0.1) is 0 Å². The second-order valence-corrected chi connectivity index (χ2v) is 6.90. The van der Waals surface area contributed by atoms with Gasteiger partial charge in [0.1, 0.15) is 5.65 Å². The Morgan fingerprint density at radius 3 is 2.58 bits per heavy atom. The van der Waals surface area contributed by atoms with Gasteiger partial charge in [-0.2, -0.15) is 0 Å². The number of nitrogens with one attached hydrogen (secondary N) is 1. The maximum Gasteiger partial charge on any atom is 0.228 e. The molecule has 4 aromatic rings. The summed E-state index contributed by atoms with van der Waals surface area (Å²) in [5.41, 5.74) is 4.34. The fourth-order valence-electron chi connectivity index (χ4n) is 2.86. The van der Waals surface area contributed by atoms with E-state index in [2.05, 4.69) is 26.2 Å². The van der Waals surface area contributed by atoms with Crippen molar-refractivity contribution in [1.29, 1.82) is 0 Å². The minimum Gasteiger partial charge on any atom is -0.325 e. The maximum atomic E-state index is 12.5. The molecule has 0 aliphatic rings. The van der Waals surface area contributed by atoms with Gasteiger partial charge in [0.05, 0.1) is 17.8 Å². The van der Waals surface area contributed by atoms with Crippen molar-refractivity contribution in [3.8, 4) is 11.3 Å². The number of halogens is 1. The monoisotopic (exact) mass is 405 g/mol. The quantitative estimate of drug-likeness (QED) is 0.522. The first-order valence-corrected chi connectivity index (χ1v) is 9.06. The second kappa shape index (κ2) is 7.14. The lowest BCUT2D eigenvalue weighted by atomic mass is 10.1. The van der Waals surface area contributed by atoms with Crippen LogP contribution in [-0.2, 0) is 11.2 Å². The molecule has 2 aromatic carbocycles. The number of hydrogen-bond acceptors (Lipinski definition) is 2. The number of carbonyl (C=O) groups is 1. The van der Waals surface area contributed by atoms with E-state index in [1.807, 2.05) is 83.5 Å². The average Bonchev–Trinajstić information content (AvgIpc) is 3.08. The van der Waals surface area contributed by atoms with Crippen LogP contribution >= 0.6 is 15.9 Å². The van der Waals surface area contributed by atoms with Gasteiger partial charge in [-0.1, -0.05) is 52.3 Å². The number of benzene rings is 2. The lowest BCUT2D eigenvalue weighted by Crippen LogP contribution is -2.15. The van der Waals surface area contributed by atoms with Crippen molar-refractivity contribution in [1.82, 2.24) is 9.38 Å². The van der Waals surface area contributed by atoms with Crippen LogP contribution in [0.2, 0.25) is 0 Å². The average molecular weight is 406 g/mol. The van der Waals surface area contributed by atoms with Gasteiger partial charge in [-0.25, -0.2) is 4.98 Å². The molecule has 2 aromatic heterocycles. The van der Waals surface area contributed by atoms with Crippen molar-refractivity contribution >= 4 is 33.2 Å². The lowest BCUT2D eigenvalue weighted by molar-refractivity contribution is -0.115. The van der Waals surface area contributed by atoms with E-state index in [0.717, 1.165) is 32.6 Å². The van der Waals surface area contributed by atoms with Crippen LogP contribution in [0.15, 0.2) is 83.6 Å². The standard InChI is InChI=1S/C21H16BrN3O/c22-16-10-8-15(9-11-16)13-21(26)24-18-6-2-1-5-17(18)19-14-25-12-4-3-7-20(25)23-19/h1-12,14H,13H2,(H,24,26). The summed E-state index contributed by atoms with van der Waals surface area (Å²) in [6.07, 6.45) is 4.25. The minimum absolute atomic E-state index is 0.0523. The summed E-state index contributed by atoms with van der Waals surface area (Å²) in [6, 6.07) is 21.4. The molecule has 0 atom stereocenters. The maximum absolute atomic E-state index is 12.5. The van der Waals surface area contributed by atoms with Crippen LogP contribution in [0.5, 0.6) is 0 Å². The molecule has 4 rings (SSSR count). The van der Waals surface area contributed by atoms with Gasteiger partial charge >= 0.3 is 0 Å². The van der Waals surface area contributed by atoms with Crippen LogP contribution in [-0.4, -0.2) is 15.3 Å². The molecule has 2 heterocycles. The van der Waals surface area contributed by atoms with Gasteiger partial charge in [0.2, 0.25) is 5.91 Å². The Morgan fingerprint density at radius 2 is 1.77 bits per heavy atom. The third-order valence-electron chi connectivity index (χ3n) is 4.12. The van der Waals surface area contributed by atoms with E-state index < -0.39 is 0 Å². The summed E-state index contributed by atoms with van der Waals surface area (Å²) in [6.45, 7) is 0. The fraction of sp³-hybridized carbons (Fsp3) is 0.0476. The highest BCUT2D eigenvalue weighted by Crippen LogP contribution is 2.27. The second-order valence-electron chi connectivity index (χ2n) is 5.99. The number of carbonyl (C=O) groups excluding carboxylic acids is 1. The summed E-state index contributed by atoms with van der Waals surface area (Å²) in [4.78, 5) is 17.1. The van der Waals surface area contributed by atoms with Gasteiger partial charge in [0.15, 0.2) is 0 Å². The van der Waals surface area contributed by atoms with Gasteiger partial charge < -0.3 is 9.72 Å². The first-order valence-electron chi connectivity index (χ1n) is 8.26. The number of imidazole rings is 1. The van der Waals surface area contributed by atoms with Crippen molar-refractivity contribution < 1.29 is 4.79 Å². The Kier molecular flexibility index (Phi) is 4.54. The van der Waals surface area contributed by atoms with Crippen molar-refractivity contribution in [3.05, 3.63) is 89.2 Å². The number of hydrogen-bond donors (Lipinski definition) is 1. The van der Waals surface area contributed by atoms with Gasteiger partial charge in [0, 0.05) is 22.4 Å². The topological polar surface area (TPSA) is 46.4 Å². The summed E-state index contributed by atoms with van der Waals surface area (Å²) in [5.74, 6) is -0.0523. The minimum atomic E-state index is -0.0523. The fourth-order valence-corrected chi connectivity index (χ4v) is 3.13. The summed E-state index contributed by atoms with van der Waals surface area (Å²) in [5, 5.41) is 3.02. The molecule has 0 fully saturated rings. The SMILES string of the molecule is O=C(Cc1ccc(Br)cc1)Nc1ccccc1-c1cn2ccccc2n1. The van der Waals surface area contributed by atoms with E-state index in [1.54, 1.807) is 0 Å². The number of aromatic nitrogens is 2. The summed E-state index contributed by atoms with van der Waals surface area (Å²) < 4.78 is 2.97. The molecule has 0 saturated heterocycles. The summed E-state index contributed by atoms with van der Waals surface area (Å²) >= 11 is 3.41. The molecule has 0 saturated carbocycles. The predicted octanol–water partition coefficient (Wildman–Crippen LogP) is 4.95. The number of nitrogens with zero attached hydrogens (tertiary/aromatic N) is 2. The number of rotatable bonds is 4. The smallest absolute Gasteiger partial charge is 0.228 e. The molecule has 0 unspecified atom stereocenters. The third-order valence-corrected chi connectivity index (χ3v) is 4.65. The molecule has 4 nitrogen and oxygen atoms in total. The molecule has 128 valence electrons. The van der Waals surface area contributed by atoms with Crippen LogP contribution in [0.3, 0.4) is 0 Å². The normalized spacial score (nSPS) is 10.8. The van der Waals surface area contributed by atoms with E-state index >= 15 is 0 Å². The van der Waals surface area contributed by atoms with Crippen LogP contribution in [0, 0.1) is 0 Å². The Hall–Kier alpha value is -2.92. The van der Waals surface area contributed by atoms with Crippen LogP contribution in [0.1, 0.15) is 5.56 Å². The van der Waals surface area contributed by atoms with E-state index in [-0.39, 0.29) is 5.91 Å².